The zero-order valence-corrected chi connectivity index (χ0v) is 10.9. The summed E-state index contributed by atoms with van der Waals surface area (Å²) in [5.74, 6) is 1.29. The Morgan fingerprint density at radius 3 is 2.24 bits per heavy atom. The van der Waals surface area contributed by atoms with E-state index in [4.69, 9.17) is 5.11 Å². The third kappa shape index (κ3) is 3.32. The molecule has 1 fully saturated rings. The van der Waals surface area contributed by atoms with Crippen molar-refractivity contribution in [2.45, 2.75) is 51.4 Å². The molecule has 0 saturated heterocycles. The predicted octanol–water partition coefficient (Wildman–Crippen LogP) is 3.91. The van der Waals surface area contributed by atoms with Crippen LogP contribution in [-0.4, -0.2) is 11.7 Å². The highest BCUT2D eigenvalue weighted by Gasteiger charge is 2.21. The number of benzene rings is 1. The minimum Gasteiger partial charge on any atom is -0.396 e. The predicted molar refractivity (Wildman–Crippen MR) is 72.2 cm³/mol. The molecule has 0 amide bonds. The SMILES string of the molecule is CCCc1ccc([C@H]2CC[C@H](CO)CC2)cc1. The number of aryl methyl sites for hydroxylation is 1. The maximum atomic E-state index is 9.14. The molecule has 0 aliphatic heterocycles. The molecule has 0 unspecified atom stereocenters. The van der Waals surface area contributed by atoms with Crippen LogP contribution in [-0.2, 0) is 6.42 Å². The van der Waals surface area contributed by atoms with Crippen molar-refractivity contribution >= 4 is 0 Å². The van der Waals surface area contributed by atoms with Crippen LogP contribution in [0.2, 0.25) is 0 Å². The molecular formula is C16H24O. The third-order valence-corrected chi connectivity index (χ3v) is 4.09. The van der Waals surface area contributed by atoms with Gasteiger partial charge in [-0.1, -0.05) is 37.6 Å². The maximum absolute atomic E-state index is 9.14. The lowest BCUT2D eigenvalue weighted by molar-refractivity contribution is 0.182. The monoisotopic (exact) mass is 232 g/mol. The fraction of sp³-hybridized carbons (Fsp3) is 0.625. The second-order valence-electron chi connectivity index (χ2n) is 5.39. The van der Waals surface area contributed by atoms with Gasteiger partial charge in [0.15, 0.2) is 0 Å². The first-order chi connectivity index (χ1) is 8.33. The van der Waals surface area contributed by atoms with Gasteiger partial charge in [0.25, 0.3) is 0 Å². The average molecular weight is 232 g/mol. The zero-order chi connectivity index (χ0) is 12.1. The van der Waals surface area contributed by atoms with Crippen LogP contribution >= 0.6 is 0 Å². The van der Waals surface area contributed by atoms with E-state index < -0.39 is 0 Å². The summed E-state index contributed by atoms with van der Waals surface area (Å²) in [7, 11) is 0. The van der Waals surface area contributed by atoms with Crippen molar-refractivity contribution in [2.24, 2.45) is 5.92 Å². The van der Waals surface area contributed by atoms with Crippen molar-refractivity contribution in [1.29, 1.82) is 0 Å². The number of hydrogen-bond donors (Lipinski definition) is 1. The van der Waals surface area contributed by atoms with Crippen LogP contribution in [0.25, 0.3) is 0 Å². The lowest BCUT2D eigenvalue weighted by Crippen LogP contribution is -2.16. The van der Waals surface area contributed by atoms with Crippen LogP contribution in [0.5, 0.6) is 0 Å². The summed E-state index contributed by atoms with van der Waals surface area (Å²) in [5.41, 5.74) is 2.96. The van der Waals surface area contributed by atoms with Gasteiger partial charge in [0.1, 0.15) is 0 Å². The summed E-state index contributed by atoms with van der Waals surface area (Å²) in [6.07, 6.45) is 7.30. The molecule has 1 heteroatoms. The Balaban J connectivity index is 1.94. The third-order valence-electron chi connectivity index (χ3n) is 4.09. The summed E-state index contributed by atoms with van der Waals surface area (Å²) >= 11 is 0. The first-order valence-corrected chi connectivity index (χ1v) is 7.03. The normalized spacial score (nSPS) is 24.8. The molecule has 1 aromatic carbocycles. The average Bonchev–Trinajstić information content (AvgIpc) is 2.40. The minimum atomic E-state index is 0.377. The number of rotatable bonds is 4. The molecule has 0 radical (unpaired) electrons. The van der Waals surface area contributed by atoms with Crippen LogP contribution in [0.1, 0.15) is 56.1 Å². The van der Waals surface area contributed by atoms with Gasteiger partial charge in [0.2, 0.25) is 0 Å². The van der Waals surface area contributed by atoms with Crippen LogP contribution in [0.15, 0.2) is 24.3 Å². The highest BCUT2D eigenvalue weighted by atomic mass is 16.3. The molecule has 1 aliphatic carbocycles. The first-order valence-electron chi connectivity index (χ1n) is 7.03. The highest BCUT2D eigenvalue weighted by molar-refractivity contribution is 5.25. The van der Waals surface area contributed by atoms with E-state index in [-0.39, 0.29) is 0 Å². The van der Waals surface area contributed by atoms with Crippen molar-refractivity contribution in [3.8, 4) is 0 Å². The second-order valence-corrected chi connectivity index (χ2v) is 5.39. The summed E-state index contributed by atoms with van der Waals surface area (Å²) in [6, 6.07) is 9.21. The lowest BCUT2D eigenvalue weighted by atomic mass is 9.79. The second kappa shape index (κ2) is 6.20. The smallest absolute Gasteiger partial charge is 0.0459 e. The molecule has 0 atom stereocenters. The van der Waals surface area contributed by atoms with Gasteiger partial charge in [-0.15, -0.1) is 0 Å². The van der Waals surface area contributed by atoms with Gasteiger partial charge in [-0.05, 0) is 55.1 Å². The Morgan fingerprint density at radius 2 is 1.71 bits per heavy atom. The Bertz CT molecular complexity index is 320. The molecule has 0 aromatic heterocycles. The van der Waals surface area contributed by atoms with Gasteiger partial charge in [-0.2, -0.15) is 0 Å². The van der Waals surface area contributed by atoms with Crippen molar-refractivity contribution in [1.82, 2.24) is 0 Å². The van der Waals surface area contributed by atoms with E-state index in [0.29, 0.717) is 12.5 Å². The van der Waals surface area contributed by atoms with E-state index in [2.05, 4.69) is 31.2 Å². The van der Waals surface area contributed by atoms with Gasteiger partial charge >= 0.3 is 0 Å². The summed E-state index contributed by atoms with van der Waals surface area (Å²) < 4.78 is 0. The summed E-state index contributed by atoms with van der Waals surface area (Å²) in [5, 5.41) is 9.14. The number of hydrogen-bond acceptors (Lipinski definition) is 1. The Hall–Kier alpha value is -0.820. The molecule has 1 aliphatic rings. The Morgan fingerprint density at radius 1 is 1.06 bits per heavy atom. The largest absolute Gasteiger partial charge is 0.396 e. The molecular weight excluding hydrogens is 208 g/mol. The van der Waals surface area contributed by atoms with Crippen LogP contribution in [0, 0.1) is 5.92 Å². The quantitative estimate of drug-likeness (QED) is 0.834. The maximum Gasteiger partial charge on any atom is 0.0459 e. The Kier molecular flexibility index (Phi) is 4.61. The summed E-state index contributed by atoms with van der Waals surface area (Å²) in [4.78, 5) is 0. The van der Waals surface area contributed by atoms with Gasteiger partial charge < -0.3 is 5.11 Å². The van der Waals surface area contributed by atoms with Crippen LogP contribution in [0.3, 0.4) is 0 Å². The van der Waals surface area contributed by atoms with E-state index in [1.165, 1.54) is 49.7 Å². The highest BCUT2D eigenvalue weighted by Crippen LogP contribution is 2.35. The molecule has 0 heterocycles. The number of aliphatic hydroxyl groups is 1. The number of aliphatic hydroxyl groups excluding tert-OH is 1. The summed E-state index contributed by atoms with van der Waals surface area (Å²) in [6.45, 7) is 2.60. The van der Waals surface area contributed by atoms with E-state index in [9.17, 15) is 0 Å². The van der Waals surface area contributed by atoms with Crippen molar-refractivity contribution in [3.63, 3.8) is 0 Å². The van der Waals surface area contributed by atoms with Crippen molar-refractivity contribution in [2.75, 3.05) is 6.61 Å². The first kappa shape index (κ1) is 12.6. The fourth-order valence-electron chi connectivity index (χ4n) is 2.92. The van der Waals surface area contributed by atoms with Gasteiger partial charge in [0, 0.05) is 6.61 Å². The molecule has 0 spiro atoms. The van der Waals surface area contributed by atoms with Gasteiger partial charge in [-0.3, -0.25) is 0 Å². The van der Waals surface area contributed by atoms with Crippen molar-refractivity contribution < 1.29 is 5.11 Å². The molecule has 2 rings (SSSR count). The van der Waals surface area contributed by atoms with E-state index in [1.807, 2.05) is 0 Å². The molecule has 1 N–H and O–H groups in total. The van der Waals surface area contributed by atoms with Gasteiger partial charge in [0.05, 0.1) is 0 Å². The van der Waals surface area contributed by atoms with Crippen LogP contribution in [0.4, 0.5) is 0 Å². The Labute approximate surface area is 105 Å². The van der Waals surface area contributed by atoms with Gasteiger partial charge in [-0.25, -0.2) is 0 Å². The van der Waals surface area contributed by atoms with E-state index in [0.717, 1.165) is 5.92 Å². The molecule has 0 bridgehead atoms. The van der Waals surface area contributed by atoms with E-state index in [1.54, 1.807) is 0 Å². The lowest BCUT2D eigenvalue weighted by Gasteiger charge is -2.27. The zero-order valence-electron chi connectivity index (χ0n) is 10.9. The molecule has 1 nitrogen and oxygen atoms in total. The minimum absolute atomic E-state index is 0.377. The van der Waals surface area contributed by atoms with E-state index >= 15 is 0 Å². The van der Waals surface area contributed by atoms with Crippen molar-refractivity contribution in [3.05, 3.63) is 35.4 Å². The standard InChI is InChI=1S/C16H24O/c1-2-3-13-4-8-15(9-5-13)16-10-6-14(12-17)7-11-16/h4-5,8-9,14,16-17H,2-3,6-7,10-12H2,1H3/t14-,16-. The molecule has 17 heavy (non-hydrogen) atoms. The topological polar surface area (TPSA) is 20.2 Å². The molecule has 94 valence electrons. The fourth-order valence-corrected chi connectivity index (χ4v) is 2.92. The molecule has 1 aromatic rings. The van der Waals surface area contributed by atoms with Crippen LogP contribution < -0.4 is 0 Å². The molecule has 1 saturated carbocycles.